The van der Waals surface area contributed by atoms with Crippen molar-refractivity contribution in [3.05, 3.63) is 81.1 Å². The minimum atomic E-state index is -0.413. The van der Waals surface area contributed by atoms with Gasteiger partial charge in [-0.3, -0.25) is 19.6 Å². The number of benzene rings is 1. The monoisotopic (exact) mass is 412 g/mol. The lowest BCUT2D eigenvalue weighted by atomic mass is 10.1. The fraction of sp³-hybridized carbons (Fsp3) is 0.333. The average Bonchev–Trinajstić information content (AvgIpc) is 3.32. The molecule has 0 aliphatic rings. The Hall–Kier alpha value is -3.46. The number of rotatable bonds is 10. The Morgan fingerprint density at radius 1 is 1.27 bits per heavy atom. The van der Waals surface area contributed by atoms with E-state index in [-0.39, 0.29) is 11.6 Å². The largest absolute Gasteiger partial charge is 0.467 e. The molecule has 0 saturated carbocycles. The van der Waals surface area contributed by atoms with Gasteiger partial charge in [0, 0.05) is 18.7 Å². The van der Waals surface area contributed by atoms with Gasteiger partial charge >= 0.3 is 5.69 Å². The Balaban J connectivity index is 1.45. The molecule has 0 aliphatic carbocycles. The highest BCUT2D eigenvalue weighted by atomic mass is 16.6. The van der Waals surface area contributed by atoms with Crippen molar-refractivity contribution < 1.29 is 18.9 Å². The SMILES string of the molecule is Cc1nn(Cc2ccc(C(=O)NCCCOCc3ccco3)cc2)c(C)c1[N+](=O)[O-]. The van der Waals surface area contributed by atoms with Gasteiger partial charge in [-0.15, -0.1) is 0 Å². The van der Waals surface area contributed by atoms with Crippen molar-refractivity contribution in [1.29, 1.82) is 0 Å². The number of nitro groups is 1. The van der Waals surface area contributed by atoms with Crippen LogP contribution in [0.25, 0.3) is 0 Å². The summed E-state index contributed by atoms with van der Waals surface area (Å²) in [6.45, 7) is 5.15. The number of nitrogens with zero attached hydrogens (tertiary/aromatic N) is 3. The van der Waals surface area contributed by atoms with E-state index in [1.807, 2.05) is 24.3 Å². The third-order valence-electron chi connectivity index (χ3n) is 4.65. The molecular weight excluding hydrogens is 388 g/mol. The van der Waals surface area contributed by atoms with Gasteiger partial charge in [-0.1, -0.05) is 12.1 Å². The van der Waals surface area contributed by atoms with Crippen molar-refractivity contribution in [2.45, 2.75) is 33.4 Å². The Kier molecular flexibility index (Phi) is 6.97. The van der Waals surface area contributed by atoms with Crippen molar-refractivity contribution in [1.82, 2.24) is 15.1 Å². The second-order valence-corrected chi connectivity index (χ2v) is 6.87. The summed E-state index contributed by atoms with van der Waals surface area (Å²) in [6, 6.07) is 10.8. The summed E-state index contributed by atoms with van der Waals surface area (Å²) >= 11 is 0. The molecule has 9 nitrogen and oxygen atoms in total. The molecule has 0 bridgehead atoms. The van der Waals surface area contributed by atoms with Crippen molar-refractivity contribution in [2.24, 2.45) is 0 Å². The predicted octanol–water partition coefficient (Wildman–Crippen LogP) is 3.39. The molecule has 0 radical (unpaired) electrons. The number of hydrogen-bond acceptors (Lipinski definition) is 6. The molecule has 9 heteroatoms. The number of amides is 1. The van der Waals surface area contributed by atoms with Gasteiger partial charge in [0.05, 0.1) is 17.7 Å². The molecular formula is C21H24N4O5. The third-order valence-corrected chi connectivity index (χ3v) is 4.65. The average molecular weight is 412 g/mol. The first kappa shape index (κ1) is 21.3. The molecule has 2 heterocycles. The lowest BCUT2D eigenvalue weighted by Crippen LogP contribution is -2.25. The van der Waals surface area contributed by atoms with E-state index in [1.54, 1.807) is 36.9 Å². The van der Waals surface area contributed by atoms with E-state index in [1.165, 1.54) is 0 Å². The maximum Gasteiger partial charge on any atom is 0.312 e. The molecule has 1 N–H and O–H groups in total. The molecule has 0 fully saturated rings. The molecule has 0 unspecified atom stereocenters. The fourth-order valence-electron chi connectivity index (χ4n) is 3.09. The van der Waals surface area contributed by atoms with E-state index in [0.717, 1.165) is 11.3 Å². The molecule has 30 heavy (non-hydrogen) atoms. The van der Waals surface area contributed by atoms with Gasteiger partial charge in [0.25, 0.3) is 5.91 Å². The van der Waals surface area contributed by atoms with Gasteiger partial charge in [-0.05, 0) is 50.1 Å². The molecule has 1 amide bonds. The highest BCUT2D eigenvalue weighted by Gasteiger charge is 2.21. The summed E-state index contributed by atoms with van der Waals surface area (Å²) < 4.78 is 12.3. The molecule has 0 aliphatic heterocycles. The van der Waals surface area contributed by atoms with Crippen LogP contribution in [0.15, 0.2) is 47.1 Å². The zero-order valence-electron chi connectivity index (χ0n) is 17.0. The van der Waals surface area contributed by atoms with Crippen LogP contribution in [0, 0.1) is 24.0 Å². The van der Waals surface area contributed by atoms with Gasteiger partial charge < -0.3 is 14.5 Å². The number of furan rings is 1. The Bertz CT molecular complexity index is 993. The molecule has 2 aromatic heterocycles. The molecule has 3 aromatic rings. The number of aromatic nitrogens is 2. The van der Waals surface area contributed by atoms with Crippen LogP contribution in [-0.4, -0.2) is 33.8 Å². The number of nitrogens with one attached hydrogen (secondary N) is 1. The first-order valence-corrected chi connectivity index (χ1v) is 9.61. The smallest absolute Gasteiger partial charge is 0.312 e. The van der Waals surface area contributed by atoms with Crippen molar-refractivity contribution >= 4 is 11.6 Å². The first-order chi connectivity index (χ1) is 14.5. The van der Waals surface area contributed by atoms with Gasteiger partial charge in [-0.25, -0.2) is 0 Å². The maximum atomic E-state index is 12.3. The van der Waals surface area contributed by atoms with Crippen LogP contribution in [0.4, 0.5) is 5.69 Å². The van der Waals surface area contributed by atoms with Crippen LogP contribution in [0.2, 0.25) is 0 Å². The minimum Gasteiger partial charge on any atom is -0.467 e. The Morgan fingerprint density at radius 2 is 2.03 bits per heavy atom. The molecule has 0 saturated heterocycles. The van der Waals surface area contributed by atoms with Crippen LogP contribution in [-0.2, 0) is 17.9 Å². The quantitative estimate of drug-likeness (QED) is 0.310. The van der Waals surface area contributed by atoms with Crippen molar-refractivity contribution in [3.63, 3.8) is 0 Å². The van der Waals surface area contributed by atoms with Crippen molar-refractivity contribution in [3.8, 4) is 0 Å². The van der Waals surface area contributed by atoms with Crippen LogP contribution < -0.4 is 5.32 Å². The van der Waals surface area contributed by atoms with E-state index in [4.69, 9.17) is 9.15 Å². The number of carbonyl (C=O) groups is 1. The Morgan fingerprint density at radius 3 is 2.67 bits per heavy atom. The first-order valence-electron chi connectivity index (χ1n) is 9.61. The van der Waals surface area contributed by atoms with Gasteiger partial charge in [-0.2, -0.15) is 5.10 Å². The molecule has 0 spiro atoms. The van der Waals surface area contributed by atoms with E-state index >= 15 is 0 Å². The predicted molar refractivity (Wildman–Crippen MR) is 109 cm³/mol. The second kappa shape index (κ2) is 9.84. The zero-order chi connectivity index (χ0) is 21.5. The van der Waals surface area contributed by atoms with Crippen molar-refractivity contribution in [2.75, 3.05) is 13.2 Å². The van der Waals surface area contributed by atoms with Crippen LogP contribution in [0.3, 0.4) is 0 Å². The summed E-state index contributed by atoms with van der Waals surface area (Å²) in [5, 5.41) is 18.2. The van der Waals surface area contributed by atoms with Crippen LogP contribution >= 0.6 is 0 Å². The van der Waals surface area contributed by atoms with E-state index in [0.29, 0.717) is 49.7 Å². The lowest BCUT2D eigenvalue weighted by molar-refractivity contribution is -0.386. The summed E-state index contributed by atoms with van der Waals surface area (Å²) in [5.41, 5.74) is 2.39. The number of carbonyl (C=O) groups excluding carboxylic acids is 1. The highest BCUT2D eigenvalue weighted by molar-refractivity contribution is 5.94. The Labute approximate surface area is 173 Å². The van der Waals surface area contributed by atoms with Crippen LogP contribution in [0.1, 0.15) is 39.5 Å². The molecule has 0 atom stereocenters. The summed E-state index contributed by atoms with van der Waals surface area (Å²) in [4.78, 5) is 23.0. The second-order valence-electron chi connectivity index (χ2n) is 6.87. The topological polar surface area (TPSA) is 112 Å². The molecule has 158 valence electrons. The van der Waals surface area contributed by atoms with E-state index in [2.05, 4.69) is 10.4 Å². The van der Waals surface area contributed by atoms with Crippen LogP contribution in [0.5, 0.6) is 0 Å². The molecule has 3 rings (SSSR count). The van der Waals surface area contributed by atoms with Gasteiger partial charge in [0.2, 0.25) is 0 Å². The highest BCUT2D eigenvalue weighted by Crippen LogP contribution is 2.22. The zero-order valence-corrected chi connectivity index (χ0v) is 17.0. The summed E-state index contributed by atoms with van der Waals surface area (Å²) in [7, 11) is 0. The summed E-state index contributed by atoms with van der Waals surface area (Å²) in [6.07, 6.45) is 2.30. The van der Waals surface area contributed by atoms with Gasteiger partial charge in [0.1, 0.15) is 23.8 Å². The maximum absolute atomic E-state index is 12.3. The fourth-order valence-corrected chi connectivity index (χ4v) is 3.09. The number of hydrogen-bond donors (Lipinski definition) is 1. The summed E-state index contributed by atoms with van der Waals surface area (Å²) in [5.74, 6) is 0.614. The normalized spacial score (nSPS) is 10.9. The number of aryl methyl sites for hydroxylation is 1. The lowest BCUT2D eigenvalue weighted by Gasteiger charge is -2.08. The standard InChI is InChI=1S/C21H24N4O5/c1-15-20(25(27)28)16(2)24(23-15)13-17-6-8-18(9-7-17)21(26)22-10-4-11-29-14-19-5-3-12-30-19/h3,5-9,12H,4,10-11,13-14H2,1-2H3,(H,22,26). The minimum absolute atomic E-state index is 0.0409. The van der Waals surface area contributed by atoms with Gasteiger partial charge in [0.15, 0.2) is 0 Å². The van der Waals surface area contributed by atoms with E-state index < -0.39 is 4.92 Å². The third kappa shape index (κ3) is 5.32. The number of ether oxygens (including phenoxy) is 1. The van der Waals surface area contributed by atoms with E-state index in [9.17, 15) is 14.9 Å². The molecule has 1 aromatic carbocycles.